The maximum Gasteiger partial charge on any atom is 0.338 e. The molecule has 0 atom stereocenters. The summed E-state index contributed by atoms with van der Waals surface area (Å²) in [4.78, 5) is 12.2. The fourth-order valence-corrected chi connectivity index (χ4v) is 3.91. The van der Waals surface area contributed by atoms with Crippen LogP contribution in [0.4, 0.5) is 4.39 Å². The second-order valence-corrected chi connectivity index (χ2v) is 7.96. The molecule has 0 radical (unpaired) electrons. The first-order chi connectivity index (χ1) is 16.0. The predicted octanol–water partition coefficient (Wildman–Crippen LogP) is 7.00. The minimum Gasteiger partial charge on any atom is -0.488 e. The van der Waals surface area contributed by atoms with E-state index in [2.05, 4.69) is 0 Å². The van der Waals surface area contributed by atoms with Crippen LogP contribution in [0.5, 0.6) is 5.75 Å². The summed E-state index contributed by atoms with van der Waals surface area (Å²) in [5.74, 6) is -0.218. The van der Waals surface area contributed by atoms with E-state index in [9.17, 15) is 9.18 Å². The maximum atomic E-state index is 14.3. The molecule has 1 heterocycles. The fourth-order valence-electron chi connectivity index (χ4n) is 3.69. The van der Waals surface area contributed by atoms with Gasteiger partial charge in [0.2, 0.25) is 0 Å². The molecule has 0 saturated carbocycles. The zero-order chi connectivity index (χ0) is 23.4. The zero-order valence-electron chi connectivity index (χ0n) is 18.3. The lowest BCUT2D eigenvalue weighted by molar-refractivity contribution is 0.0526. The number of carbonyl (C=O) groups is 1. The second kappa shape index (κ2) is 9.92. The molecule has 0 aliphatic rings. The summed E-state index contributed by atoms with van der Waals surface area (Å²) in [7, 11) is 0. The van der Waals surface area contributed by atoms with Crippen LogP contribution in [0.1, 0.15) is 28.5 Å². The number of carbonyl (C=O) groups excluding carboxylic acids is 1. The minimum atomic E-state index is -0.387. The molecular weight excluding hydrogens is 441 g/mol. The summed E-state index contributed by atoms with van der Waals surface area (Å²) < 4.78 is 27.5. The van der Waals surface area contributed by atoms with Crippen LogP contribution >= 0.6 is 11.6 Å². The highest BCUT2D eigenvalue weighted by Gasteiger charge is 2.17. The van der Waals surface area contributed by atoms with Crippen molar-refractivity contribution in [1.29, 1.82) is 0 Å². The van der Waals surface area contributed by atoms with Crippen molar-refractivity contribution in [1.82, 2.24) is 4.57 Å². The number of halogens is 2. The Kier molecular flexibility index (Phi) is 6.80. The average Bonchev–Trinajstić information content (AvgIpc) is 3.19. The highest BCUT2D eigenvalue weighted by Crippen LogP contribution is 2.35. The number of esters is 1. The van der Waals surface area contributed by atoms with Gasteiger partial charge in [0.25, 0.3) is 0 Å². The molecule has 0 aliphatic heterocycles. The molecule has 6 heteroatoms. The zero-order valence-corrected chi connectivity index (χ0v) is 19.1. The van der Waals surface area contributed by atoms with Crippen LogP contribution in [-0.4, -0.2) is 17.1 Å². The molecule has 0 saturated heterocycles. The molecular formula is C27H23ClFNO3. The molecule has 4 aromatic rings. The molecule has 0 aliphatic carbocycles. The number of aromatic nitrogens is 1. The summed E-state index contributed by atoms with van der Waals surface area (Å²) in [5.41, 5.74) is 4.40. The van der Waals surface area contributed by atoms with Crippen molar-refractivity contribution in [2.24, 2.45) is 0 Å². The Morgan fingerprint density at radius 2 is 1.82 bits per heavy atom. The molecule has 0 N–H and O–H groups in total. The largest absolute Gasteiger partial charge is 0.488 e. The van der Waals surface area contributed by atoms with Crippen molar-refractivity contribution in [2.75, 3.05) is 6.61 Å². The smallest absolute Gasteiger partial charge is 0.338 e. The predicted molar refractivity (Wildman–Crippen MR) is 128 cm³/mol. The Balaban J connectivity index is 1.73. The number of benzene rings is 3. The van der Waals surface area contributed by atoms with Crippen LogP contribution in [0.3, 0.4) is 0 Å². The van der Waals surface area contributed by atoms with Gasteiger partial charge in [-0.05, 0) is 80.1 Å². The third-order valence-electron chi connectivity index (χ3n) is 5.19. The summed E-state index contributed by atoms with van der Waals surface area (Å²) in [6.45, 7) is 4.31. The van der Waals surface area contributed by atoms with E-state index in [0.717, 1.165) is 22.6 Å². The van der Waals surface area contributed by atoms with Gasteiger partial charge >= 0.3 is 5.97 Å². The quantitative estimate of drug-likeness (QED) is 0.277. The Bertz CT molecular complexity index is 1300. The number of aryl methyl sites for hydroxylation is 1. The lowest BCUT2D eigenvalue weighted by Crippen LogP contribution is -2.07. The van der Waals surface area contributed by atoms with Gasteiger partial charge in [0.15, 0.2) is 0 Å². The van der Waals surface area contributed by atoms with Crippen molar-refractivity contribution in [3.8, 4) is 22.7 Å². The minimum absolute atomic E-state index is 0.289. The van der Waals surface area contributed by atoms with E-state index in [1.54, 1.807) is 37.3 Å². The Morgan fingerprint density at radius 1 is 1.00 bits per heavy atom. The van der Waals surface area contributed by atoms with Gasteiger partial charge in [-0.25, -0.2) is 9.18 Å². The van der Waals surface area contributed by atoms with Crippen molar-refractivity contribution in [3.05, 3.63) is 107 Å². The number of rotatable bonds is 7. The fraction of sp³-hybridized carbons (Fsp3) is 0.148. The molecule has 1 aromatic heterocycles. The van der Waals surface area contributed by atoms with Gasteiger partial charge < -0.3 is 14.0 Å². The number of hydrogen-bond donors (Lipinski definition) is 0. The molecule has 4 rings (SSSR count). The van der Waals surface area contributed by atoms with Gasteiger partial charge in [-0.2, -0.15) is 0 Å². The van der Waals surface area contributed by atoms with E-state index in [1.165, 1.54) is 12.1 Å². The standard InChI is InChI=1S/C27H23ClFNO3/c1-3-32-27(31)20-7-5-9-23(15-20)30-18(2)10-12-25(30)24-16-22(29)11-13-26(24)33-17-19-6-4-8-21(28)14-19/h4-16H,3,17H2,1-2H3. The lowest BCUT2D eigenvalue weighted by Gasteiger charge is -2.16. The first-order valence-electron chi connectivity index (χ1n) is 10.6. The molecule has 0 fully saturated rings. The van der Waals surface area contributed by atoms with Crippen LogP contribution < -0.4 is 4.74 Å². The molecule has 3 aromatic carbocycles. The van der Waals surface area contributed by atoms with Crippen molar-refractivity contribution in [2.45, 2.75) is 20.5 Å². The van der Waals surface area contributed by atoms with Crippen LogP contribution in [0, 0.1) is 12.7 Å². The average molecular weight is 464 g/mol. The third kappa shape index (κ3) is 5.10. The van der Waals surface area contributed by atoms with Crippen molar-refractivity contribution < 1.29 is 18.7 Å². The molecule has 0 amide bonds. The Morgan fingerprint density at radius 3 is 2.61 bits per heavy atom. The molecule has 168 valence electrons. The first kappa shape index (κ1) is 22.6. The summed E-state index contributed by atoms with van der Waals surface area (Å²) in [5, 5.41) is 0.626. The van der Waals surface area contributed by atoms with Gasteiger partial charge in [0.1, 0.15) is 18.2 Å². The van der Waals surface area contributed by atoms with Crippen LogP contribution in [0.25, 0.3) is 16.9 Å². The number of nitrogens with zero attached hydrogens (tertiary/aromatic N) is 1. The van der Waals surface area contributed by atoms with Crippen LogP contribution in [0.15, 0.2) is 78.9 Å². The third-order valence-corrected chi connectivity index (χ3v) is 5.43. The van der Waals surface area contributed by atoms with E-state index in [1.807, 2.05) is 47.9 Å². The number of ether oxygens (including phenoxy) is 2. The normalized spacial score (nSPS) is 10.8. The molecule has 0 unspecified atom stereocenters. The SMILES string of the molecule is CCOC(=O)c1cccc(-n2c(C)ccc2-c2cc(F)ccc2OCc2cccc(Cl)c2)c1. The maximum absolute atomic E-state index is 14.3. The summed E-state index contributed by atoms with van der Waals surface area (Å²) in [6, 6.07) is 22.9. The van der Waals surface area contributed by atoms with Gasteiger partial charge in [-0.1, -0.05) is 29.8 Å². The molecule has 33 heavy (non-hydrogen) atoms. The molecule has 4 nitrogen and oxygen atoms in total. The highest BCUT2D eigenvalue weighted by molar-refractivity contribution is 6.30. The van der Waals surface area contributed by atoms with E-state index in [0.29, 0.717) is 28.5 Å². The van der Waals surface area contributed by atoms with Gasteiger partial charge in [-0.15, -0.1) is 0 Å². The summed E-state index contributed by atoms with van der Waals surface area (Å²) >= 11 is 6.08. The topological polar surface area (TPSA) is 40.5 Å². The Labute approximate surface area is 197 Å². The van der Waals surface area contributed by atoms with E-state index >= 15 is 0 Å². The van der Waals surface area contributed by atoms with Crippen molar-refractivity contribution >= 4 is 17.6 Å². The second-order valence-electron chi connectivity index (χ2n) is 7.53. The van der Waals surface area contributed by atoms with E-state index < -0.39 is 0 Å². The van der Waals surface area contributed by atoms with Gasteiger partial charge in [0.05, 0.1) is 17.9 Å². The Hall–Kier alpha value is -3.57. The van der Waals surface area contributed by atoms with Gasteiger partial charge in [0, 0.05) is 22.0 Å². The van der Waals surface area contributed by atoms with Crippen LogP contribution in [-0.2, 0) is 11.3 Å². The van der Waals surface area contributed by atoms with E-state index in [4.69, 9.17) is 21.1 Å². The van der Waals surface area contributed by atoms with Gasteiger partial charge in [-0.3, -0.25) is 0 Å². The summed E-state index contributed by atoms with van der Waals surface area (Å²) in [6.07, 6.45) is 0. The van der Waals surface area contributed by atoms with Crippen molar-refractivity contribution in [3.63, 3.8) is 0 Å². The van der Waals surface area contributed by atoms with Crippen LogP contribution in [0.2, 0.25) is 5.02 Å². The molecule has 0 bridgehead atoms. The highest BCUT2D eigenvalue weighted by atomic mass is 35.5. The lowest BCUT2D eigenvalue weighted by atomic mass is 10.1. The molecule has 0 spiro atoms. The number of hydrogen-bond acceptors (Lipinski definition) is 3. The first-order valence-corrected chi connectivity index (χ1v) is 11.0. The van der Waals surface area contributed by atoms with E-state index in [-0.39, 0.29) is 18.4 Å². The monoisotopic (exact) mass is 463 g/mol.